The lowest BCUT2D eigenvalue weighted by atomic mass is 9.69. The van der Waals surface area contributed by atoms with Gasteiger partial charge in [-0.1, -0.05) is 36.4 Å². The summed E-state index contributed by atoms with van der Waals surface area (Å²) in [6.07, 6.45) is 2.20. The molecule has 4 rings (SSSR count). The van der Waals surface area contributed by atoms with E-state index in [1.54, 1.807) is 34.8 Å². The number of methoxy groups -OCH3 is 1. The van der Waals surface area contributed by atoms with E-state index in [1.165, 1.54) is 4.90 Å². The number of aliphatic hydroxyl groups is 1. The van der Waals surface area contributed by atoms with Crippen LogP contribution in [0.1, 0.15) is 64.5 Å². The Morgan fingerprint density at radius 3 is 2.16 bits per heavy atom. The van der Waals surface area contributed by atoms with Crippen LogP contribution in [0.25, 0.3) is 0 Å². The molecule has 3 amide bonds. The van der Waals surface area contributed by atoms with Gasteiger partial charge in [-0.05, 0) is 65.5 Å². The molecule has 10 nitrogen and oxygen atoms in total. The van der Waals surface area contributed by atoms with Crippen molar-refractivity contribution in [3.8, 4) is 11.5 Å². The van der Waals surface area contributed by atoms with E-state index in [1.807, 2.05) is 36.4 Å². The first-order valence-electron chi connectivity index (χ1n) is 15.5. The van der Waals surface area contributed by atoms with Crippen molar-refractivity contribution in [3.63, 3.8) is 0 Å². The second-order valence-electron chi connectivity index (χ2n) is 13.0. The van der Waals surface area contributed by atoms with Crippen LogP contribution in [0.4, 0.5) is 4.79 Å². The minimum atomic E-state index is -0.728. The molecule has 3 N–H and O–H groups in total. The summed E-state index contributed by atoms with van der Waals surface area (Å²) in [5.41, 5.74) is 0.729. The van der Waals surface area contributed by atoms with Crippen molar-refractivity contribution in [2.75, 3.05) is 40.0 Å². The van der Waals surface area contributed by atoms with E-state index in [-0.39, 0.29) is 37.9 Å². The molecule has 0 bridgehead atoms. The molecular weight excluding hydrogens is 562 g/mol. The summed E-state index contributed by atoms with van der Waals surface area (Å²) >= 11 is 0. The molecule has 0 aliphatic carbocycles. The van der Waals surface area contributed by atoms with Crippen molar-refractivity contribution in [1.29, 1.82) is 0 Å². The molecule has 2 aliphatic heterocycles. The van der Waals surface area contributed by atoms with Crippen molar-refractivity contribution in [2.24, 2.45) is 11.8 Å². The van der Waals surface area contributed by atoms with E-state index in [2.05, 4.69) is 22.8 Å². The van der Waals surface area contributed by atoms with Crippen LogP contribution in [0.2, 0.25) is 0 Å². The molecule has 0 radical (unpaired) electrons. The van der Waals surface area contributed by atoms with Gasteiger partial charge >= 0.3 is 6.09 Å². The van der Waals surface area contributed by atoms with Gasteiger partial charge in [0.15, 0.2) is 0 Å². The molecular formula is C34H47N3O7. The maximum Gasteiger partial charge on any atom is 0.410 e. The Balaban J connectivity index is 1.61. The summed E-state index contributed by atoms with van der Waals surface area (Å²) in [6.45, 7) is 8.05. The minimum Gasteiger partial charge on any atom is -0.457 e. The van der Waals surface area contributed by atoms with Crippen molar-refractivity contribution in [3.05, 3.63) is 59.7 Å². The molecule has 1 fully saturated rings. The van der Waals surface area contributed by atoms with Gasteiger partial charge in [-0.2, -0.15) is 0 Å². The third-order valence-corrected chi connectivity index (χ3v) is 8.30. The maximum atomic E-state index is 14.0. The summed E-state index contributed by atoms with van der Waals surface area (Å²) in [5, 5.41) is 15.5. The van der Waals surface area contributed by atoms with Crippen molar-refractivity contribution >= 4 is 17.9 Å². The second-order valence-corrected chi connectivity index (χ2v) is 13.0. The first kappa shape index (κ1) is 33.3. The number of piperidine rings is 1. The zero-order valence-corrected chi connectivity index (χ0v) is 26.6. The minimum absolute atomic E-state index is 0.129. The number of fused-ring (bicyclic) bond motifs is 2. The second kappa shape index (κ2) is 14.4. The van der Waals surface area contributed by atoms with Gasteiger partial charge in [0.05, 0.1) is 18.4 Å². The van der Waals surface area contributed by atoms with Crippen LogP contribution in [0.3, 0.4) is 0 Å². The molecule has 1 saturated heterocycles. The van der Waals surface area contributed by atoms with Gasteiger partial charge < -0.3 is 34.9 Å². The lowest BCUT2D eigenvalue weighted by Crippen LogP contribution is -2.54. The third-order valence-electron chi connectivity index (χ3n) is 8.30. The van der Waals surface area contributed by atoms with Gasteiger partial charge in [-0.15, -0.1) is 0 Å². The average molecular weight is 610 g/mol. The van der Waals surface area contributed by atoms with Gasteiger partial charge in [-0.3, -0.25) is 9.59 Å². The fourth-order valence-electron chi connectivity index (χ4n) is 6.13. The number of amides is 3. The van der Waals surface area contributed by atoms with E-state index in [0.29, 0.717) is 13.2 Å². The Labute approximate surface area is 260 Å². The number of nitrogens with zero attached hydrogens (tertiary/aromatic N) is 1. The lowest BCUT2D eigenvalue weighted by Gasteiger charge is -2.41. The standard InChI is InChI=1S/C34H47N3O7/c1-23(21-38)36-31(40)25-18-24(19-37(20-25)32(41)44-33(2,3)4)30(39)35-22-34(16-10-11-17-42-5)26-12-6-8-14-28(26)43-29-15-9-7-13-27(29)34/h6-9,12-15,23-25,38H,10-11,16-22H2,1-5H3,(H,35,39)(H,36,40)/t23?,24-,25+/m0/s1. The molecule has 2 aromatic carbocycles. The Bertz CT molecular complexity index is 1260. The van der Waals surface area contributed by atoms with E-state index in [0.717, 1.165) is 41.9 Å². The third kappa shape index (κ3) is 7.90. The quantitative estimate of drug-likeness (QED) is 0.323. The van der Waals surface area contributed by atoms with Crippen LogP contribution in [0, 0.1) is 11.8 Å². The van der Waals surface area contributed by atoms with Crippen LogP contribution in [0.15, 0.2) is 48.5 Å². The van der Waals surface area contributed by atoms with Gasteiger partial charge in [0.1, 0.15) is 17.1 Å². The fraction of sp³-hybridized carbons (Fsp3) is 0.559. The zero-order valence-electron chi connectivity index (χ0n) is 26.6. The zero-order chi connectivity index (χ0) is 31.9. The highest BCUT2D eigenvalue weighted by molar-refractivity contribution is 5.84. The molecule has 3 atom stereocenters. The number of unbranched alkanes of at least 4 members (excludes halogenated alkanes) is 1. The summed E-state index contributed by atoms with van der Waals surface area (Å²) in [5.74, 6) is -0.282. The molecule has 10 heteroatoms. The van der Waals surface area contributed by atoms with Gasteiger partial charge in [-0.25, -0.2) is 4.79 Å². The van der Waals surface area contributed by atoms with E-state index in [9.17, 15) is 19.5 Å². The Morgan fingerprint density at radius 2 is 1.59 bits per heavy atom. The van der Waals surface area contributed by atoms with Gasteiger partial charge in [0.25, 0.3) is 0 Å². The lowest BCUT2D eigenvalue weighted by molar-refractivity contribution is -0.132. The van der Waals surface area contributed by atoms with Crippen molar-refractivity contribution in [1.82, 2.24) is 15.5 Å². The fourth-order valence-corrected chi connectivity index (χ4v) is 6.13. The van der Waals surface area contributed by atoms with Crippen molar-refractivity contribution < 1.29 is 33.7 Å². The molecule has 44 heavy (non-hydrogen) atoms. The van der Waals surface area contributed by atoms with Crippen LogP contribution in [-0.4, -0.2) is 79.5 Å². The first-order valence-corrected chi connectivity index (χ1v) is 15.5. The van der Waals surface area contributed by atoms with Crippen molar-refractivity contribution in [2.45, 2.75) is 70.4 Å². The number of ether oxygens (including phenoxy) is 3. The molecule has 240 valence electrons. The number of carbonyl (C=O) groups is 3. The maximum absolute atomic E-state index is 14.0. The number of rotatable bonds is 11. The number of para-hydroxylation sites is 2. The number of hydrogen-bond donors (Lipinski definition) is 3. The van der Waals surface area contributed by atoms with Crippen LogP contribution >= 0.6 is 0 Å². The summed E-state index contributed by atoms with van der Waals surface area (Å²) in [6, 6.07) is 15.4. The predicted octanol–water partition coefficient (Wildman–Crippen LogP) is 4.38. The molecule has 0 saturated carbocycles. The topological polar surface area (TPSA) is 126 Å². The smallest absolute Gasteiger partial charge is 0.410 e. The summed E-state index contributed by atoms with van der Waals surface area (Å²) in [4.78, 5) is 41.7. The largest absolute Gasteiger partial charge is 0.457 e. The molecule has 1 unspecified atom stereocenters. The van der Waals surface area contributed by atoms with Gasteiger partial charge in [0, 0.05) is 55.9 Å². The van der Waals surface area contributed by atoms with Gasteiger partial charge in [0.2, 0.25) is 11.8 Å². The number of nitrogens with one attached hydrogen (secondary N) is 2. The Hall–Kier alpha value is -3.63. The number of benzene rings is 2. The summed E-state index contributed by atoms with van der Waals surface area (Å²) < 4.78 is 17.2. The Kier molecular flexibility index (Phi) is 10.9. The molecule has 0 spiro atoms. The summed E-state index contributed by atoms with van der Waals surface area (Å²) in [7, 11) is 1.69. The SMILES string of the molecule is COCCCCC1(CNC(=O)[C@H]2C[C@@H](C(=O)NC(C)CO)CN(C(=O)OC(C)(C)C)C2)c2ccccc2Oc2ccccc21. The Morgan fingerprint density at radius 1 is 1.00 bits per heavy atom. The highest BCUT2D eigenvalue weighted by Crippen LogP contribution is 2.50. The molecule has 2 aliphatic rings. The number of carbonyl (C=O) groups excluding carboxylic acids is 3. The van der Waals surface area contributed by atoms with E-state index >= 15 is 0 Å². The monoisotopic (exact) mass is 609 g/mol. The van der Waals surface area contributed by atoms with E-state index < -0.39 is 35.0 Å². The number of likely N-dealkylation sites (tertiary alicyclic amines) is 1. The predicted molar refractivity (Wildman–Crippen MR) is 167 cm³/mol. The van der Waals surface area contributed by atoms with Crippen LogP contribution < -0.4 is 15.4 Å². The molecule has 0 aromatic heterocycles. The highest BCUT2D eigenvalue weighted by atomic mass is 16.6. The van der Waals surface area contributed by atoms with E-state index in [4.69, 9.17) is 14.2 Å². The number of aliphatic hydroxyl groups excluding tert-OH is 1. The number of hydrogen-bond acceptors (Lipinski definition) is 7. The van der Waals surface area contributed by atoms with Crippen LogP contribution in [0.5, 0.6) is 11.5 Å². The van der Waals surface area contributed by atoms with Crippen LogP contribution in [-0.2, 0) is 24.5 Å². The normalized spacial score (nSPS) is 19.5. The average Bonchev–Trinajstić information content (AvgIpc) is 3.00. The molecule has 2 heterocycles. The molecule has 2 aromatic rings. The first-order chi connectivity index (χ1) is 21.0. The highest BCUT2D eigenvalue weighted by Gasteiger charge is 2.44.